The Balaban J connectivity index is 1.78. The van der Waals surface area contributed by atoms with Crippen molar-refractivity contribution in [2.24, 2.45) is 4.99 Å². The van der Waals surface area contributed by atoms with E-state index in [1.807, 2.05) is 26.0 Å². The van der Waals surface area contributed by atoms with Gasteiger partial charge in [-0.3, -0.25) is 25.2 Å². The van der Waals surface area contributed by atoms with E-state index in [0.29, 0.717) is 5.75 Å². The number of benzene rings is 3. The minimum atomic E-state index is -0.715. The van der Waals surface area contributed by atoms with Gasteiger partial charge < -0.3 is 4.74 Å². The highest BCUT2D eigenvalue weighted by molar-refractivity contribution is 5.82. The largest absolute Gasteiger partial charge is 0.450 e. The molecule has 0 spiro atoms. The van der Waals surface area contributed by atoms with E-state index in [9.17, 15) is 20.2 Å². The lowest BCUT2D eigenvalue weighted by atomic mass is 10.1. The molecule has 0 N–H and O–H groups in total. The lowest BCUT2D eigenvalue weighted by molar-refractivity contribution is -0.394. The molecule has 0 aliphatic carbocycles. The summed E-state index contributed by atoms with van der Waals surface area (Å²) in [5, 5.41) is 22.0. The summed E-state index contributed by atoms with van der Waals surface area (Å²) in [6.07, 6.45) is 1.72. The van der Waals surface area contributed by atoms with Gasteiger partial charge >= 0.3 is 5.69 Å². The van der Waals surface area contributed by atoms with Crippen molar-refractivity contribution in [3.05, 3.63) is 97.6 Å². The molecule has 0 atom stereocenters. The molecule has 0 saturated carbocycles. The summed E-state index contributed by atoms with van der Waals surface area (Å²) in [5.41, 5.74) is 3.10. The number of non-ortho nitro benzene ring substituents is 1. The summed E-state index contributed by atoms with van der Waals surface area (Å²) >= 11 is 0. The molecule has 3 rings (SSSR count). The molecule has 0 aliphatic rings. The van der Waals surface area contributed by atoms with Crippen LogP contribution in [0.4, 0.5) is 17.1 Å². The van der Waals surface area contributed by atoms with Gasteiger partial charge in [0.1, 0.15) is 5.75 Å². The predicted octanol–water partition coefficient (Wildman–Crippen LogP) is 5.66. The SMILES string of the molecule is Cc1ccc(N=Cc2ccc(Oc3ccc([N+](=O)[O-])cc3[N+](=O)[O-])cc2)c(C)c1. The van der Waals surface area contributed by atoms with E-state index in [4.69, 9.17) is 4.74 Å². The molecule has 3 aromatic carbocycles. The summed E-state index contributed by atoms with van der Waals surface area (Å²) in [6, 6.07) is 16.1. The number of nitro benzene ring substituents is 2. The van der Waals surface area contributed by atoms with E-state index in [-0.39, 0.29) is 11.4 Å². The fraction of sp³-hybridized carbons (Fsp3) is 0.0952. The van der Waals surface area contributed by atoms with Crippen molar-refractivity contribution in [1.82, 2.24) is 0 Å². The molecule has 3 aromatic rings. The van der Waals surface area contributed by atoms with Crippen LogP contribution in [0.3, 0.4) is 0 Å². The molecule has 146 valence electrons. The maximum absolute atomic E-state index is 11.2. The molecule has 8 heteroatoms. The van der Waals surface area contributed by atoms with Crippen LogP contribution in [0.2, 0.25) is 0 Å². The second-order valence-corrected chi connectivity index (χ2v) is 6.39. The molecule has 29 heavy (non-hydrogen) atoms. The van der Waals surface area contributed by atoms with Crippen molar-refractivity contribution >= 4 is 23.3 Å². The number of aliphatic imine (C=N–C) groups is 1. The third-order valence-electron chi connectivity index (χ3n) is 4.16. The monoisotopic (exact) mass is 391 g/mol. The number of aryl methyl sites for hydroxylation is 2. The van der Waals surface area contributed by atoms with Crippen LogP contribution in [0.1, 0.15) is 16.7 Å². The molecule has 0 saturated heterocycles. The van der Waals surface area contributed by atoms with E-state index >= 15 is 0 Å². The lowest BCUT2D eigenvalue weighted by Crippen LogP contribution is -1.96. The van der Waals surface area contributed by atoms with Crippen LogP contribution in [0.5, 0.6) is 11.5 Å². The predicted molar refractivity (Wildman–Crippen MR) is 109 cm³/mol. The normalized spacial score (nSPS) is 10.8. The Labute approximate surface area is 166 Å². The number of nitro groups is 2. The highest BCUT2D eigenvalue weighted by atomic mass is 16.6. The molecule has 0 fully saturated rings. The van der Waals surface area contributed by atoms with Gasteiger partial charge in [-0.2, -0.15) is 0 Å². The van der Waals surface area contributed by atoms with Gasteiger partial charge in [-0.25, -0.2) is 0 Å². The zero-order chi connectivity index (χ0) is 21.0. The maximum atomic E-state index is 11.2. The number of hydrogen-bond acceptors (Lipinski definition) is 6. The summed E-state index contributed by atoms with van der Waals surface area (Å²) in [4.78, 5) is 25.1. The first-order valence-corrected chi connectivity index (χ1v) is 8.65. The van der Waals surface area contributed by atoms with Crippen LogP contribution >= 0.6 is 0 Å². The Bertz CT molecular complexity index is 1110. The molecule has 0 heterocycles. The van der Waals surface area contributed by atoms with Crippen LogP contribution in [0, 0.1) is 34.1 Å². The number of ether oxygens (including phenoxy) is 1. The first kappa shape index (κ1) is 19.7. The second-order valence-electron chi connectivity index (χ2n) is 6.39. The highest BCUT2D eigenvalue weighted by Gasteiger charge is 2.21. The van der Waals surface area contributed by atoms with Crippen molar-refractivity contribution < 1.29 is 14.6 Å². The van der Waals surface area contributed by atoms with E-state index in [0.717, 1.165) is 28.9 Å². The van der Waals surface area contributed by atoms with E-state index in [1.165, 1.54) is 11.6 Å². The average molecular weight is 391 g/mol. The number of rotatable bonds is 6. The fourth-order valence-corrected chi connectivity index (χ4v) is 2.69. The van der Waals surface area contributed by atoms with Crippen molar-refractivity contribution in [2.75, 3.05) is 0 Å². The Morgan fingerprint density at radius 2 is 1.62 bits per heavy atom. The minimum absolute atomic E-state index is 0.0719. The third kappa shape index (κ3) is 4.81. The van der Waals surface area contributed by atoms with Gasteiger partial charge in [0, 0.05) is 12.3 Å². The summed E-state index contributed by atoms with van der Waals surface area (Å²) in [5.74, 6) is 0.294. The fourth-order valence-electron chi connectivity index (χ4n) is 2.69. The van der Waals surface area contributed by atoms with Crippen molar-refractivity contribution in [3.63, 3.8) is 0 Å². The van der Waals surface area contributed by atoms with Crippen LogP contribution in [-0.2, 0) is 0 Å². The van der Waals surface area contributed by atoms with Crippen molar-refractivity contribution in [1.29, 1.82) is 0 Å². The van der Waals surface area contributed by atoms with Gasteiger partial charge in [-0.15, -0.1) is 0 Å². The molecule has 0 bridgehead atoms. The standard InChI is InChI=1S/C21H17N3O5/c1-14-3-9-19(15(2)11-14)22-13-16-4-7-18(8-5-16)29-21-10-6-17(23(25)26)12-20(21)24(27)28/h3-13H,1-2H3. The zero-order valence-electron chi connectivity index (χ0n) is 15.7. The number of hydrogen-bond donors (Lipinski definition) is 0. The summed E-state index contributed by atoms with van der Waals surface area (Å²) in [6.45, 7) is 4.02. The first-order valence-electron chi connectivity index (χ1n) is 8.65. The molecule has 0 aliphatic heterocycles. The van der Waals surface area contributed by atoms with E-state index in [1.54, 1.807) is 30.5 Å². The molecule has 0 amide bonds. The highest BCUT2D eigenvalue weighted by Crippen LogP contribution is 2.34. The lowest BCUT2D eigenvalue weighted by Gasteiger charge is -2.06. The van der Waals surface area contributed by atoms with E-state index < -0.39 is 15.5 Å². The molecule has 0 aromatic heterocycles. The maximum Gasteiger partial charge on any atom is 0.318 e. The van der Waals surface area contributed by atoms with Crippen LogP contribution in [-0.4, -0.2) is 16.1 Å². The quantitative estimate of drug-likeness (QED) is 0.306. The molecular weight excluding hydrogens is 374 g/mol. The Hall–Kier alpha value is -4.07. The first-order chi connectivity index (χ1) is 13.8. The smallest absolute Gasteiger partial charge is 0.318 e. The topological polar surface area (TPSA) is 108 Å². The van der Waals surface area contributed by atoms with Gasteiger partial charge in [0.2, 0.25) is 5.75 Å². The number of nitrogens with zero attached hydrogens (tertiary/aromatic N) is 3. The molecular formula is C21H17N3O5. The minimum Gasteiger partial charge on any atom is -0.450 e. The van der Waals surface area contributed by atoms with Gasteiger partial charge in [0.15, 0.2) is 0 Å². The van der Waals surface area contributed by atoms with E-state index in [2.05, 4.69) is 11.1 Å². The Morgan fingerprint density at radius 1 is 0.897 bits per heavy atom. The van der Waals surface area contributed by atoms with Gasteiger partial charge in [0.25, 0.3) is 5.69 Å². The van der Waals surface area contributed by atoms with Crippen LogP contribution in [0.15, 0.2) is 65.7 Å². The molecule has 0 unspecified atom stereocenters. The zero-order valence-corrected chi connectivity index (χ0v) is 15.7. The second kappa shape index (κ2) is 8.30. The Morgan fingerprint density at radius 3 is 2.24 bits per heavy atom. The summed E-state index contributed by atoms with van der Waals surface area (Å²) in [7, 11) is 0. The average Bonchev–Trinajstić information content (AvgIpc) is 2.68. The van der Waals surface area contributed by atoms with Gasteiger partial charge in [0.05, 0.1) is 21.6 Å². The molecule has 8 nitrogen and oxygen atoms in total. The van der Waals surface area contributed by atoms with Crippen molar-refractivity contribution in [3.8, 4) is 11.5 Å². The van der Waals surface area contributed by atoms with Crippen LogP contribution < -0.4 is 4.74 Å². The third-order valence-corrected chi connectivity index (χ3v) is 4.16. The van der Waals surface area contributed by atoms with Gasteiger partial charge in [-0.05, 0) is 61.4 Å². The van der Waals surface area contributed by atoms with Crippen LogP contribution in [0.25, 0.3) is 0 Å². The molecule has 0 radical (unpaired) electrons. The van der Waals surface area contributed by atoms with Gasteiger partial charge in [-0.1, -0.05) is 17.7 Å². The van der Waals surface area contributed by atoms with Crippen molar-refractivity contribution in [2.45, 2.75) is 13.8 Å². The summed E-state index contributed by atoms with van der Waals surface area (Å²) < 4.78 is 5.55. The Kier molecular flexibility index (Phi) is 5.64.